The van der Waals surface area contributed by atoms with Crippen LogP contribution in [0, 0.1) is 0 Å². The van der Waals surface area contributed by atoms with Crippen molar-refractivity contribution in [1.29, 1.82) is 0 Å². The van der Waals surface area contributed by atoms with Crippen molar-refractivity contribution in [2.24, 2.45) is 0 Å². The van der Waals surface area contributed by atoms with Gasteiger partial charge in [0.25, 0.3) is 0 Å². The summed E-state index contributed by atoms with van der Waals surface area (Å²) in [6.07, 6.45) is 0. The first kappa shape index (κ1) is 35.2. The van der Waals surface area contributed by atoms with Gasteiger partial charge in [-0.15, -0.1) is 0 Å². The normalized spacial score (nSPS) is 11.3. The van der Waals surface area contributed by atoms with Crippen molar-refractivity contribution < 1.29 is 4.42 Å². The molecule has 1 heterocycles. The highest BCUT2D eigenvalue weighted by Gasteiger charge is 2.18. The third-order valence-corrected chi connectivity index (χ3v) is 11.7. The fourth-order valence-electron chi connectivity index (χ4n) is 8.66. The molecule has 11 aromatic rings. The number of furan rings is 1. The van der Waals surface area contributed by atoms with Crippen molar-refractivity contribution in [3.05, 3.63) is 237 Å². The lowest BCUT2D eigenvalue weighted by atomic mass is 9.95. The van der Waals surface area contributed by atoms with Crippen molar-refractivity contribution in [1.82, 2.24) is 0 Å². The third-order valence-electron chi connectivity index (χ3n) is 11.7. The van der Waals surface area contributed by atoms with E-state index in [1.165, 1.54) is 43.8 Å². The summed E-state index contributed by atoms with van der Waals surface area (Å²) in [7, 11) is 0. The van der Waals surface area contributed by atoms with Gasteiger partial charge in [0.05, 0.1) is 0 Å². The van der Waals surface area contributed by atoms with Gasteiger partial charge in [-0.25, -0.2) is 0 Å². The van der Waals surface area contributed by atoms with Crippen LogP contribution in [-0.4, -0.2) is 0 Å². The summed E-state index contributed by atoms with van der Waals surface area (Å²) in [6, 6.07) is 84.6. The van der Waals surface area contributed by atoms with E-state index in [0.717, 1.165) is 61.6 Å². The summed E-state index contributed by atoms with van der Waals surface area (Å²) in [5.41, 5.74) is 14.6. The van der Waals surface area contributed by atoms with Crippen molar-refractivity contribution >= 4 is 49.6 Å². The Kier molecular flexibility index (Phi) is 8.87. The second-order valence-electron chi connectivity index (χ2n) is 15.3. The third kappa shape index (κ3) is 6.51. The SMILES string of the molecule is c1ccc(-c2c(-c3cccc(-c4ccc(-c5ccc(N(c6ccccc6)c6ccc(-c7ccc8c(ccc9ccccc98)c7)cc6)cc5)cc4)c3)oc3ccccc23)cc1. The molecule has 0 aliphatic heterocycles. The highest BCUT2D eigenvalue weighted by atomic mass is 16.3. The van der Waals surface area contributed by atoms with E-state index in [-0.39, 0.29) is 0 Å². The summed E-state index contributed by atoms with van der Waals surface area (Å²) in [4.78, 5) is 2.32. The number of anilines is 3. The lowest BCUT2D eigenvalue weighted by Crippen LogP contribution is -2.09. The number of hydrogen-bond donors (Lipinski definition) is 0. The molecule has 0 aliphatic carbocycles. The molecular weight excluding hydrogens is 727 g/mol. The molecule has 11 rings (SSSR count). The lowest BCUT2D eigenvalue weighted by Gasteiger charge is -2.26. The molecule has 10 aromatic carbocycles. The van der Waals surface area contributed by atoms with Crippen LogP contribution < -0.4 is 4.90 Å². The van der Waals surface area contributed by atoms with E-state index in [1.807, 2.05) is 12.1 Å². The molecule has 0 fully saturated rings. The zero-order valence-electron chi connectivity index (χ0n) is 32.9. The molecule has 0 aliphatic rings. The standard InChI is InChI=1S/C58H39NO/c1-3-13-45(14-4-1)57-55-20-9-10-21-56(55)60-58(57)49-16-11-15-46(39-49)42-24-22-40(23-25-42)41-28-33-51(34-29-41)59(50-17-5-2-6-18-50)52-35-30-43(31-36-52)47-32-37-54-48(38-47)27-26-44-12-7-8-19-53(44)54/h1-39H. The van der Waals surface area contributed by atoms with E-state index in [1.54, 1.807) is 0 Å². The molecule has 2 heteroatoms. The van der Waals surface area contributed by atoms with Gasteiger partial charge in [-0.1, -0.05) is 182 Å². The van der Waals surface area contributed by atoms with Gasteiger partial charge in [0.15, 0.2) is 0 Å². The van der Waals surface area contributed by atoms with Crippen molar-refractivity contribution in [3.8, 4) is 55.8 Å². The van der Waals surface area contributed by atoms with E-state index < -0.39 is 0 Å². The Labute approximate surface area is 349 Å². The molecule has 60 heavy (non-hydrogen) atoms. The first-order valence-electron chi connectivity index (χ1n) is 20.5. The van der Waals surface area contributed by atoms with Crippen LogP contribution in [0.15, 0.2) is 241 Å². The van der Waals surface area contributed by atoms with E-state index in [2.05, 4.69) is 229 Å². The first-order valence-corrected chi connectivity index (χ1v) is 20.5. The maximum absolute atomic E-state index is 6.53. The fourth-order valence-corrected chi connectivity index (χ4v) is 8.66. The molecule has 0 N–H and O–H groups in total. The first-order chi connectivity index (χ1) is 29.7. The Morgan fingerprint density at radius 3 is 1.43 bits per heavy atom. The van der Waals surface area contributed by atoms with Gasteiger partial charge in [-0.2, -0.15) is 0 Å². The summed E-state index contributed by atoms with van der Waals surface area (Å²) >= 11 is 0. The maximum Gasteiger partial charge on any atom is 0.143 e. The average molecular weight is 766 g/mol. The summed E-state index contributed by atoms with van der Waals surface area (Å²) < 4.78 is 6.53. The largest absolute Gasteiger partial charge is 0.455 e. The van der Waals surface area contributed by atoms with Crippen molar-refractivity contribution in [2.45, 2.75) is 0 Å². The predicted octanol–water partition coefficient (Wildman–Crippen LogP) is 16.5. The van der Waals surface area contributed by atoms with E-state index >= 15 is 0 Å². The molecule has 0 spiro atoms. The van der Waals surface area contributed by atoms with Crippen molar-refractivity contribution in [3.63, 3.8) is 0 Å². The molecule has 0 unspecified atom stereocenters. The number of hydrogen-bond acceptors (Lipinski definition) is 2. The fraction of sp³-hybridized carbons (Fsp3) is 0. The van der Waals surface area contributed by atoms with Crippen LogP contribution >= 0.6 is 0 Å². The topological polar surface area (TPSA) is 16.4 Å². The predicted molar refractivity (Wildman–Crippen MR) is 253 cm³/mol. The minimum atomic E-state index is 0.889. The van der Waals surface area contributed by atoms with Crippen molar-refractivity contribution in [2.75, 3.05) is 4.90 Å². The number of fused-ring (bicyclic) bond motifs is 4. The molecule has 282 valence electrons. The van der Waals surface area contributed by atoms with Crippen LogP contribution in [0.2, 0.25) is 0 Å². The molecule has 0 saturated heterocycles. The molecule has 0 atom stereocenters. The van der Waals surface area contributed by atoms with E-state index in [4.69, 9.17) is 4.42 Å². The van der Waals surface area contributed by atoms with Gasteiger partial charge in [0.1, 0.15) is 11.3 Å². The molecule has 0 amide bonds. The second kappa shape index (κ2) is 15.1. The molecule has 1 aromatic heterocycles. The minimum absolute atomic E-state index is 0.889. The van der Waals surface area contributed by atoms with Gasteiger partial charge in [-0.05, 0) is 115 Å². The Morgan fingerprint density at radius 1 is 0.267 bits per heavy atom. The van der Waals surface area contributed by atoms with Gasteiger partial charge < -0.3 is 9.32 Å². The molecule has 0 radical (unpaired) electrons. The van der Waals surface area contributed by atoms with Crippen LogP contribution in [0.4, 0.5) is 17.1 Å². The van der Waals surface area contributed by atoms with Crippen LogP contribution in [0.5, 0.6) is 0 Å². The number of nitrogens with zero attached hydrogens (tertiary/aromatic N) is 1. The zero-order chi connectivity index (χ0) is 39.8. The highest BCUT2D eigenvalue weighted by Crippen LogP contribution is 2.42. The maximum atomic E-state index is 6.53. The Balaban J connectivity index is 0.866. The van der Waals surface area contributed by atoms with Crippen LogP contribution in [0.3, 0.4) is 0 Å². The number of rotatable bonds is 8. The average Bonchev–Trinajstić information content (AvgIpc) is 3.73. The Bertz CT molecular complexity index is 3270. The van der Waals surface area contributed by atoms with Crippen LogP contribution in [-0.2, 0) is 0 Å². The molecule has 0 saturated carbocycles. The van der Waals surface area contributed by atoms with Crippen LogP contribution in [0.1, 0.15) is 0 Å². The minimum Gasteiger partial charge on any atom is -0.455 e. The second-order valence-corrected chi connectivity index (χ2v) is 15.3. The van der Waals surface area contributed by atoms with Gasteiger partial charge >= 0.3 is 0 Å². The zero-order valence-corrected chi connectivity index (χ0v) is 32.9. The highest BCUT2D eigenvalue weighted by molar-refractivity contribution is 6.08. The Hall–Kier alpha value is -7.94. The lowest BCUT2D eigenvalue weighted by molar-refractivity contribution is 0.632. The van der Waals surface area contributed by atoms with Crippen LogP contribution in [0.25, 0.3) is 88.3 Å². The Morgan fingerprint density at radius 2 is 0.733 bits per heavy atom. The van der Waals surface area contributed by atoms with E-state index in [9.17, 15) is 0 Å². The summed E-state index contributed by atoms with van der Waals surface area (Å²) in [6.45, 7) is 0. The van der Waals surface area contributed by atoms with Gasteiger partial charge in [0.2, 0.25) is 0 Å². The molecular formula is C58H39NO. The van der Waals surface area contributed by atoms with Gasteiger partial charge in [-0.3, -0.25) is 0 Å². The quantitative estimate of drug-likeness (QED) is 0.143. The smallest absolute Gasteiger partial charge is 0.143 e. The van der Waals surface area contributed by atoms with E-state index in [0.29, 0.717) is 0 Å². The number of para-hydroxylation sites is 2. The summed E-state index contributed by atoms with van der Waals surface area (Å²) in [5.74, 6) is 0.889. The number of benzene rings is 10. The van der Waals surface area contributed by atoms with Gasteiger partial charge in [0, 0.05) is 33.6 Å². The molecule has 2 nitrogen and oxygen atoms in total. The monoisotopic (exact) mass is 765 g/mol. The summed E-state index contributed by atoms with van der Waals surface area (Å²) in [5, 5.41) is 6.21. The molecule has 0 bridgehead atoms.